The molecule has 1 saturated carbocycles. The first-order valence-electron chi connectivity index (χ1n) is 9.21. The van der Waals surface area contributed by atoms with Crippen LogP contribution < -0.4 is 11.5 Å². The molecule has 3 aromatic rings. The summed E-state index contributed by atoms with van der Waals surface area (Å²) in [6.45, 7) is 1.84. The van der Waals surface area contributed by atoms with Crippen LogP contribution in [0.25, 0.3) is 17.0 Å². The molecule has 3 aromatic heterocycles. The standard InChI is InChI=1S/C19H20BrF3N6/c1-10-7-27-17(18(25)4-2-11(24)3-5-18)28-16(10)14-8-26-15-6-12(19(21,22)23)13(20)9-29(14)15/h6-9,11H,2-5,24-25H2,1H3. The summed E-state index contributed by atoms with van der Waals surface area (Å²) >= 11 is 3.02. The fraction of sp³-hybridized carbons (Fsp3) is 0.421. The molecular weight excluding hydrogens is 449 g/mol. The zero-order valence-electron chi connectivity index (χ0n) is 15.7. The molecule has 0 atom stereocenters. The predicted molar refractivity (Wildman–Crippen MR) is 106 cm³/mol. The van der Waals surface area contributed by atoms with Gasteiger partial charge in [-0.25, -0.2) is 15.0 Å². The molecule has 4 rings (SSSR count). The van der Waals surface area contributed by atoms with Gasteiger partial charge in [-0.1, -0.05) is 0 Å². The Balaban J connectivity index is 1.81. The van der Waals surface area contributed by atoms with Crippen molar-refractivity contribution in [2.24, 2.45) is 11.5 Å². The number of nitrogens with zero attached hydrogens (tertiary/aromatic N) is 4. The number of aromatic nitrogens is 4. The molecule has 0 unspecified atom stereocenters. The van der Waals surface area contributed by atoms with Crippen LogP contribution in [0.15, 0.2) is 29.1 Å². The molecule has 6 nitrogen and oxygen atoms in total. The van der Waals surface area contributed by atoms with E-state index in [1.807, 2.05) is 6.92 Å². The van der Waals surface area contributed by atoms with Crippen LogP contribution in [0.5, 0.6) is 0 Å². The molecule has 0 aromatic carbocycles. The number of pyridine rings is 1. The third kappa shape index (κ3) is 3.64. The SMILES string of the molecule is Cc1cnc(C2(N)CCC(N)CC2)nc1-c1cnc2cc(C(F)(F)F)c(Br)cn12. The fourth-order valence-corrected chi connectivity index (χ4v) is 4.26. The molecule has 0 bridgehead atoms. The van der Waals surface area contributed by atoms with Crippen LogP contribution in [0.3, 0.4) is 0 Å². The summed E-state index contributed by atoms with van der Waals surface area (Å²) < 4.78 is 41.1. The minimum absolute atomic E-state index is 0.0692. The van der Waals surface area contributed by atoms with Gasteiger partial charge in [-0.3, -0.25) is 4.40 Å². The van der Waals surface area contributed by atoms with Crippen LogP contribution in [0, 0.1) is 6.92 Å². The van der Waals surface area contributed by atoms with Crippen molar-refractivity contribution in [1.82, 2.24) is 19.4 Å². The zero-order valence-corrected chi connectivity index (χ0v) is 17.3. The Hall–Kier alpha value is -2.04. The molecule has 0 amide bonds. The molecule has 1 aliphatic rings. The van der Waals surface area contributed by atoms with E-state index in [9.17, 15) is 13.2 Å². The number of aryl methyl sites for hydroxylation is 1. The third-order valence-electron chi connectivity index (χ3n) is 5.49. The minimum Gasteiger partial charge on any atom is -0.328 e. The Labute approximate surface area is 173 Å². The smallest absolute Gasteiger partial charge is 0.328 e. The van der Waals surface area contributed by atoms with Crippen LogP contribution in [0.4, 0.5) is 13.2 Å². The lowest BCUT2D eigenvalue weighted by atomic mass is 9.79. The summed E-state index contributed by atoms with van der Waals surface area (Å²) in [6.07, 6.45) is 3.06. The van der Waals surface area contributed by atoms with E-state index in [1.165, 1.54) is 12.4 Å². The largest absolute Gasteiger partial charge is 0.417 e. The maximum absolute atomic E-state index is 13.2. The Morgan fingerprint density at radius 3 is 2.55 bits per heavy atom. The third-order valence-corrected chi connectivity index (χ3v) is 6.12. The van der Waals surface area contributed by atoms with Crippen molar-refractivity contribution in [2.45, 2.75) is 50.4 Å². The maximum Gasteiger partial charge on any atom is 0.417 e. The molecule has 0 spiro atoms. The molecule has 10 heteroatoms. The van der Waals surface area contributed by atoms with E-state index in [2.05, 4.69) is 25.9 Å². The Morgan fingerprint density at radius 1 is 1.21 bits per heavy atom. The molecule has 0 aliphatic heterocycles. The number of alkyl halides is 3. The second-order valence-corrected chi connectivity index (χ2v) is 8.48. The van der Waals surface area contributed by atoms with Crippen LogP contribution >= 0.6 is 15.9 Å². The van der Waals surface area contributed by atoms with Gasteiger partial charge in [0.25, 0.3) is 0 Å². The summed E-state index contributed by atoms with van der Waals surface area (Å²) in [5.41, 5.74) is 13.3. The van der Waals surface area contributed by atoms with E-state index in [4.69, 9.17) is 16.5 Å². The van der Waals surface area contributed by atoms with Crippen LogP contribution in [-0.4, -0.2) is 25.4 Å². The molecule has 1 fully saturated rings. The number of rotatable bonds is 2. The van der Waals surface area contributed by atoms with Crippen molar-refractivity contribution >= 4 is 21.6 Å². The summed E-state index contributed by atoms with van der Waals surface area (Å²) in [6, 6.07) is 1.15. The highest BCUT2D eigenvalue weighted by molar-refractivity contribution is 9.10. The lowest BCUT2D eigenvalue weighted by Crippen LogP contribution is -2.45. The number of fused-ring (bicyclic) bond motifs is 1. The van der Waals surface area contributed by atoms with Gasteiger partial charge in [-0.15, -0.1) is 0 Å². The maximum atomic E-state index is 13.2. The van der Waals surface area contributed by atoms with Gasteiger partial charge < -0.3 is 11.5 Å². The molecule has 0 radical (unpaired) electrons. The van der Waals surface area contributed by atoms with Crippen molar-refractivity contribution < 1.29 is 13.2 Å². The highest BCUT2D eigenvalue weighted by Crippen LogP contribution is 2.37. The van der Waals surface area contributed by atoms with Gasteiger partial charge in [0.2, 0.25) is 0 Å². The first-order chi connectivity index (χ1) is 13.6. The van der Waals surface area contributed by atoms with Crippen molar-refractivity contribution in [3.05, 3.63) is 46.1 Å². The highest BCUT2D eigenvalue weighted by atomic mass is 79.9. The van der Waals surface area contributed by atoms with Gasteiger partial charge in [0, 0.05) is 22.9 Å². The second kappa shape index (κ2) is 7.03. The number of imidazole rings is 1. The molecule has 154 valence electrons. The van der Waals surface area contributed by atoms with Crippen molar-refractivity contribution in [2.75, 3.05) is 0 Å². The monoisotopic (exact) mass is 468 g/mol. The number of hydrogen-bond acceptors (Lipinski definition) is 5. The van der Waals surface area contributed by atoms with Gasteiger partial charge in [0.1, 0.15) is 11.5 Å². The molecule has 3 heterocycles. The number of nitrogens with two attached hydrogens (primary N) is 2. The summed E-state index contributed by atoms with van der Waals surface area (Å²) in [5.74, 6) is 0.519. The first kappa shape index (κ1) is 20.2. The van der Waals surface area contributed by atoms with E-state index >= 15 is 0 Å². The average molecular weight is 469 g/mol. The second-order valence-electron chi connectivity index (χ2n) is 7.62. The van der Waals surface area contributed by atoms with Crippen LogP contribution in [-0.2, 0) is 11.7 Å². The minimum atomic E-state index is -4.47. The van der Waals surface area contributed by atoms with Crippen molar-refractivity contribution in [3.63, 3.8) is 0 Å². The van der Waals surface area contributed by atoms with Crippen LogP contribution in [0.2, 0.25) is 0 Å². The highest BCUT2D eigenvalue weighted by Gasteiger charge is 2.36. The van der Waals surface area contributed by atoms with Gasteiger partial charge >= 0.3 is 6.18 Å². The van der Waals surface area contributed by atoms with Crippen molar-refractivity contribution in [3.8, 4) is 11.4 Å². The molecule has 29 heavy (non-hydrogen) atoms. The summed E-state index contributed by atoms with van der Waals surface area (Å²) in [7, 11) is 0. The van der Waals surface area contributed by atoms with E-state index in [1.54, 1.807) is 10.6 Å². The summed E-state index contributed by atoms with van der Waals surface area (Å²) in [5, 5.41) is 0. The van der Waals surface area contributed by atoms with E-state index in [0.717, 1.165) is 24.5 Å². The molecule has 0 saturated heterocycles. The van der Waals surface area contributed by atoms with Gasteiger partial charge in [-0.05, 0) is 60.2 Å². The lowest BCUT2D eigenvalue weighted by Gasteiger charge is -2.34. The van der Waals surface area contributed by atoms with Gasteiger partial charge in [0.05, 0.1) is 28.7 Å². The zero-order chi connectivity index (χ0) is 21.0. The first-order valence-corrected chi connectivity index (χ1v) is 10.0. The molecule has 1 aliphatic carbocycles. The molecule has 4 N–H and O–H groups in total. The number of hydrogen-bond donors (Lipinski definition) is 2. The van der Waals surface area contributed by atoms with E-state index in [-0.39, 0.29) is 16.2 Å². The Morgan fingerprint density at radius 2 is 1.90 bits per heavy atom. The lowest BCUT2D eigenvalue weighted by molar-refractivity contribution is -0.138. The van der Waals surface area contributed by atoms with E-state index in [0.29, 0.717) is 30.1 Å². The Kier molecular flexibility index (Phi) is 4.91. The van der Waals surface area contributed by atoms with Crippen molar-refractivity contribution in [1.29, 1.82) is 0 Å². The normalized spacial score (nSPS) is 22.9. The van der Waals surface area contributed by atoms with E-state index < -0.39 is 17.3 Å². The average Bonchev–Trinajstić information content (AvgIpc) is 3.06. The van der Waals surface area contributed by atoms with Crippen LogP contribution in [0.1, 0.15) is 42.6 Å². The number of halogens is 4. The van der Waals surface area contributed by atoms with Gasteiger partial charge in [-0.2, -0.15) is 13.2 Å². The van der Waals surface area contributed by atoms with Gasteiger partial charge in [0.15, 0.2) is 0 Å². The quantitative estimate of drug-likeness (QED) is 0.593. The Bertz CT molecular complexity index is 1070. The fourth-order valence-electron chi connectivity index (χ4n) is 3.71. The predicted octanol–water partition coefficient (Wildman–Crippen LogP) is 3.94. The topological polar surface area (TPSA) is 95.1 Å². The molecular formula is C19H20BrF3N6. The summed E-state index contributed by atoms with van der Waals surface area (Å²) in [4.78, 5) is 13.3.